The fourth-order valence-corrected chi connectivity index (χ4v) is 3.28. The van der Waals surface area contributed by atoms with Crippen LogP contribution in [0.5, 0.6) is 0 Å². The number of hydrogen-bond acceptors (Lipinski definition) is 8. The molecule has 3 aromatic rings. The van der Waals surface area contributed by atoms with Gasteiger partial charge in [-0.3, -0.25) is 0 Å². The zero-order chi connectivity index (χ0) is 19.7. The van der Waals surface area contributed by atoms with Gasteiger partial charge in [0, 0.05) is 11.3 Å². The molecule has 28 heavy (non-hydrogen) atoms. The number of nitrogen functional groups attached to an aromatic ring is 2. The third-order valence-electron chi connectivity index (χ3n) is 4.49. The summed E-state index contributed by atoms with van der Waals surface area (Å²) in [5, 5.41) is 4.46. The molecule has 0 aliphatic heterocycles. The zero-order valence-electron chi connectivity index (χ0n) is 14.9. The van der Waals surface area contributed by atoms with Gasteiger partial charge < -0.3 is 16.2 Å². The third-order valence-corrected chi connectivity index (χ3v) is 4.49. The normalized spacial score (nSPS) is 13.2. The maximum atomic E-state index is 13.3. The van der Waals surface area contributed by atoms with Gasteiger partial charge in [0.05, 0.1) is 5.69 Å². The molecule has 1 aliphatic rings. The highest BCUT2D eigenvalue weighted by molar-refractivity contribution is 5.89. The lowest BCUT2D eigenvalue weighted by Gasteiger charge is -2.14. The monoisotopic (exact) mass is 383 g/mol. The van der Waals surface area contributed by atoms with Crippen molar-refractivity contribution in [3.8, 4) is 5.69 Å². The number of hydrogen-bond donors (Lipinski definition) is 2. The van der Waals surface area contributed by atoms with Gasteiger partial charge in [0.1, 0.15) is 5.82 Å². The highest BCUT2D eigenvalue weighted by Crippen LogP contribution is 2.27. The zero-order valence-corrected chi connectivity index (χ0v) is 14.9. The molecule has 0 amide bonds. The summed E-state index contributed by atoms with van der Waals surface area (Å²) in [6, 6.07) is 5.98. The second-order valence-electron chi connectivity index (χ2n) is 6.41. The Bertz CT molecular complexity index is 1010. The second-order valence-corrected chi connectivity index (χ2v) is 6.41. The van der Waals surface area contributed by atoms with Crippen LogP contribution in [-0.4, -0.2) is 30.7 Å². The number of carbonyl (C=O) groups excluding carboxylic acids is 1. The van der Waals surface area contributed by atoms with Gasteiger partial charge in [0.2, 0.25) is 11.9 Å². The van der Waals surface area contributed by atoms with Crippen LogP contribution in [0.25, 0.3) is 5.69 Å². The number of halogens is 1. The smallest absolute Gasteiger partial charge is 0.359 e. The molecule has 0 unspecified atom stereocenters. The van der Waals surface area contributed by atoms with Crippen molar-refractivity contribution < 1.29 is 13.9 Å². The van der Waals surface area contributed by atoms with E-state index < -0.39 is 5.97 Å². The molecule has 0 radical (unpaired) electrons. The van der Waals surface area contributed by atoms with Gasteiger partial charge in [-0.25, -0.2) is 13.9 Å². The van der Waals surface area contributed by atoms with Gasteiger partial charge in [-0.1, -0.05) is 0 Å². The van der Waals surface area contributed by atoms with E-state index in [4.69, 9.17) is 16.2 Å². The SMILES string of the molecule is Nc1nc(N)nc(COC(=O)c2nn(-c3ccc(F)cc3)c3c2CCCC3)n1. The fourth-order valence-electron chi connectivity index (χ4n) is 3.28. The highest BCUT2D eigenvalue weighted by Gasteiger charge is 2.26. The summed E-state index contributed by atoms with van der Waals surface area (Å²) < 4.78 is 20.3. The molecule has 0 atom stereocenters. The van der Waals surface area contributed by atoms with Crippen LogP contribution < -0.4 is 11.5 Å². The number of esters is 1. The predicted molar refractivity (Wildman–Crippen MR) is 97.9 cm³/mol. The average Bonchev–Trinajstić information content (AvgIpc) is 3.06. The molecule has 0 fully saturated rings. The van der Waals surface area contributed by atoms with E-state index in [9.17, 15) is 9.18 Å². The van der Waals surface area contributed by atoms with Gasteiger partial charge in [-0.05, 0) is 49.9 Å². The first-order chi connectivity index (χ1) is 13.5. The lowest BCUT2D eigenvalue weighted by atomic mass is 9.95. The van der Waals surface area contributed by atoms with Gasteiger partial charge in [0.15, 0.2) is 18.1 Å². The molecule has 10 heteroatoms. The largest absolute Gasteiger partial charge is 0.453 e. The quantitative estimate of drug-likeness (QED) is 0.649. The first kappa shape index (κ1) is 17.8. The van der Waals surface area contributed by atoms with Crippen molar-refractivity contribution in [1.29, 1.82) is 0 Å². The Labute approximate surface area is 159 Å². The standard InChI is InChI=1S/C18H18FN7O2/c19-10-5-7-11(8-6-10)26-13-4-2-1-3-12(13)15(25-26)16(27)28-9-14-22-17(20)24-18(21)23-14/h5-8H,1-4,9H2,(H4,20,21,22,23,24). The molecule has 2 heterocycles. The Morgan fingerprint density at radius 2 is 1.75 bits per heavy atom. The molecule has 4 N–H and O–H groups in total. The van der Waals surface area contributed by atoms with Crippen molar-refractivity contribution in [2.24, 2.45) is 0 Å². The van der Waals surface area contributed by atoms with Crippen LogP contribution in [0.4, 0.5) is 16.3 Å². The van der Waals surface area contributed by atoms with Gasteiger partial charge in [-0.2, -0.15) is 20.1 Å². The maximum absolute atomic E-state index is 13.3. The Hall–Kier alpha value is -3.56. The van der Waals surface area contributed by atoms with Crippen LogP contribution in [0.1, 0.15) is 40.4 Å². The number of carbonyl (C=O) groups is 1. The molecule has 0 bridgehead atoms. The number of ether oxygens (including phenoxy) is 1. The molecule has 1 aromatic carbocycles. The van der Waals surface area contributed by atoms with Gasteiger partial charge in [-0.15, -0.1) is 0 Å². The van der Waals surface area contributed by atoms with Crippen molar-refractivity contribution in [3.63, 3.8) is 0 Å². The van der Waals surface area contributed by atoms with Crippen molar-refractivity contribution in [2.45, 2.75) is 32.3 Å². The summed E-state index contributed by atoms with van der Waals surface area (Å²) in [7, 11) is 0. The van der Waals surface area contributed by atoms with Crippen LogP contribution in [0.2, 0.25) is 0 Å². The van der Waals surface area contributed by atoms with E-state index in [-0.39, 0.29) is 35.8 Å². The van der Waals surface area contributed by atoms with Crippen LogP contribution in [0.3, 0.4) is 0 Å². The fraction of sp³-hybridized carbons (Fsp3) is 0.278. The Morgan fingerprint density at radius 3 is 2.46 bits per heavy atom. The van der Waals surface area contributed by atoms with Crippen LogP contribution in [-0.2, 0) is 24.2 Å². The minimum atomic E-state index is -0.587. The molecule has 2 aromatic heterocycles. The van der Waals surface area contributed by atoms with E-state index in [1.165, 1.54) is 12.1 Å². The van der Waals surface area contributed by atoms with E-state index in [0.29, 0.717) is 5.69 Å². The van der Waals surface area contributed by atoms with Crippen molar-refractivity contribution >= 4 is 17.9 Å². The van der Waals surface area contributed by atoms with Gasteiger partial charge >= 0.3 is 5.97 Å². The van der Waals surface area contributed by atoms with Crippen LogP contribution in [0.15, 0.2) is 24.3 Å². The molecular weight excluding hydrogens is 365 g/mol. The summed E-state index contributed by atoms with van der Waals surface area (Å²) in [5.41, 5.74) is 13.8. The summed E-state index contributed by atoms with van der Waals surface area (Å²) >= 11 is 0. The topological polar surface area (TPSA) is 135 Å². The average molecular weight is 383 g/mol. The van der Waals surface area contributed by atoms with Crippen LogP contribution >= 0.6 is 0 Å². The minimum absolute atomic E-state index is 0.0449. The number of rotatable bonds is 4. The molecular formula is C18H18FN7O2. The Kier molecular flexibility index (Phi) is 4.60. The summed E-state index contributed by atoms with van der Waals surface area (Å²) in [4.78, 5) is 24.1. The molecule has 4 rings (SSSR count). The van der Waals surface area contributed by atoms with Crippen molar-refractivity contribution in [3.05, 3.63) is 52.9 Å². The van der Waals surface area contributed by atoms with Gasteiger partial charge in [0.25, 0.3) is 0 Å². The molecule has 1 aliphatic carbocycles. The maximum Gasteiger partial charge on any atom is 0.359 e. The summed E-state index contributed by atoms with van der Waals surface area (Å²) in [5.74, 6) is -0.852. The van der Waals surface area contributed by atoms with E-state index >= 15 is 0 Å². The molecule has 0 saturated heterocycles. The number of aromatic nitrogens is 5. The number of nitrogens with two attached hydrogens (primary N) is 2. The predicted octanol–water partition coefficient (Wildman–Crippen LogP) is 1.60. The number of fused-ring (bicyclic) bond motifs is 1. The Morgan fingerprint density at radius 1 is 1.07 bits per heavy atom. The van der Waals surface area contributed by atoms with E-state index in [0.717, 1.165) is 36.9 Å². The van der Waals surface area contributed by atoms with Crippen molar-refractivity contribution in [1.82, 2.24) is 24.7 Å². The van der Waals surface area contributed by atoms with Crippen molar-refractivity contribution in [2.75, 3.05) is 11.5 Å². The van der Waals surface area contributed by atoms with E-state index in [1.54, 1.807) is 16.8 Å². The number of nitrogens with zero attached hydrogens (tertiary/aromatic N) is 5. The van der Waals surface area contributed by atoms with E-state index in [2.05, 4.69) is 20.1 Å². The molecule has 144 valence electrons. The lowest BCUT2D eigenvalue weighted by molar-refractivity contribution is 0.0453. The number of benzene rings is 1. The first-order valence-electron chi connectivity index (χ1n) is 8.81. The Balaban J connectivity index is 1.61. The highest BCUT2D eigenvalue weighted by atomic mass is 19.1. The van der Waals surface area contributed by atoms with E-state index in [1.807, 2.05) is 0 Å². The molecule has 0 saturated carbocycles. The lowest BCUT2D eigenvalue weighted by Crippen LogP contribution is -2.13. The minimum Gasteiger partial charge on any atom is -0.453 e. The molecule has 0 spiro atoms. The van der Waals surface area contributed by atoms with Crippen LogP contribution in [0, 0.1) is 5.82 Å². The second kappa shape index (κ2) is 7.22. The number of anilines is 2. The summed E-state index contributed by atoms with van der Waals surface area (Å²) in [6.07, 6.45) is 3.47. The molecule has 9 nitrogen and oxygen atoms in total. The third kappa shape index (κ3) is 3.48. The summed E-state index contributed by atoms with van der Waals surface area (Å²) in [6.45, 7) is -0.200. The first-order valence-corrected chi connectivity index (χ1v) is 8.81.